The minimum Gasteiger partial charge on any atom is -0.382 e. The molecule has 3 nitrogen and oxygen atoms in total. The van der Waals surface area contributed by atoms with Crippen LogP contribution in [-0.4, -0.2) is 22.8 Å². The second-order valence-electron chi connectivity index (χ2n) is 6.56. The van der Waals surface area contributed by atoms with Gasteiger partial charge in [0.15, 0.2) is 5.78 Å². The third-order valence-corrected chi connectivity index (χ3v) is 5.45. The zero-order valence-corrected chi connectivity index (χ0v) is 11.5. The van der Waals surface area contributed by atoms with Gasteiger partial charge in [-0.3, -0.25) is 9.59 Å². The van der Waals surface area contributed by atoms with Crippen LogP contribution in [0.15, 0.2) is 11.6 Å². The molecule has 0 bridgehead atoms. The summed E-state index contributed by atoms with van der Waals surface area (Å²) >= 11 is 0. The number of hydrogen-bond donors (Lipinski definition) is 1. The highest BCUT2D eigenvalue weighted by Gasteiger charge is 2.61. The fraction of sp³-hybridized carbons (Fsp3) is 0.733. The van der Waals surface area contributed by atoms with Crippen molar-refractivity contribution in [3.05, 3.63) is 11.6 Å². The predicted octanol–water partition coefficient (Wildman–Crippen LogP) is 2.42. The molecule has 2 aliphatic carbocycles. The number of rotatable bonds is 1. The molecule has 2 rings (SSSR count). The molecule has 0 aromatic heterocycles. The SMILES string of the molecule is CC1(C)CCC(=O)C(C)(O)C12CC=C(C=O)CC2. The molecule has 0 amide bonds. The maximum atomic E-state index is 12.1. The van der Waals surface area contributed by atoms with Gasteiger partial charge in [-0.05, 0) is 43.6 Å². The number of Topliss-reactive ketones (excluding diaryl/α,β-unsaturated/α-hetero) is 1. The standard InChI is InChI=1S/C15H22O3/c1-13(2)7-6-12(17)14(3,18)15(13)8-4-11(10-16)5-9-15/h4,10,18H,5-9H2,1-3H3. The Labute approximate surface area is 108 Å². The summed E-state index contributed by atoms with van der Waals surface area (Å²) in [5.74, 6) is -0.0511. The molecule has 2 unspecified atom stereocenters. The maximum absolute atomic E-state index is 12.1. The second kappa shape index (κ2) is 4.02. The van der Waals surface area contributed by atoms with Crippen molar-refractivity contribution < 1.29 is 14.7 Å². The molecule has 0 aromatic rings. The van der Waals surface area contributed by atoms with E-state index in [0.29, 0.717) is 25.7 Å². The maximum Gasteiger partial charge on any atom is 0.164 e. The third kappa shape index (κ3) is 1.60. The van der Waals surface area contributed by atoms with E-state index >= 15 is 0 Å². The normalized spacial score (nSPS) is 39.6. The molecule has 0 heterocycles. The van der Waals surface area contributed by atoms with Crippen molar-refractivity contribution in [3.63, 3.8) is 0 Å². The van der Waals surface area contributed by atoms with Crippen LogP contribution in [0.3, 0.4) is 0 Å². The van der Waals surface area contributed by atoms with E-state index in [0.717, 1.165) is 18.3 Å². The van der Waals surface area contributed by atoms with Gasteiger partial charge in [0, 0.05) is 11.8 Å². The summed E-state index contributed by atoms with van der Waals surface area (Å²) in [6, 6.07) is 0. The van der Waals surface area contributed by atoms with Crippen LogP contribution < -0.4 is 0 Å². The molecule has 2 atom stereocenters. The number of allylic oxidation sites excluding steroid dienone is 2. The first-order valence-electron chi connectivity index (χ1n) is 6.67. The largest absolute Gasteiger partial charge is 0.382 e. The van der Waals surface area contributed by atoms with Gasteiger partial charge in [-0.15, -0.1) is 0 Å². The van der Waals surface area contributed by atoms with Gasteiger partial charge in [0.05, 0.1) is 0 Å². The van der Waals surface area contributed by atoms with Gasteiger partial charge >= 0.3 is 0 Å². The minimum absolute atomic E-state index is 0.0511. The Hall–Kier alpha value is -0.960. The van der Waals surface area contributed by atoms with Crippen molar-refractivity contribution in [1.82, 2.24) is 0 Å². The molecule has 1 N–H and O–H groups in total. The number of ketones is 1. The average Bonchev–Trinajstić information content (AvgIpc) is 2.34. The van der Waals surface area contributed by atoms with Crippen molar-refractivity contribution in [2.75, 3.05) is 0 Å². The van der Waals surface area contributed by atoms with E-state index in [1.165, 1.54) is 0 Å². The van der Waals surface area contributed by atoms with Crippen LogP contribution in [0, 0.1) is 10.8 Å². The fourth-order valence-electron chi connectivity index (χ4n) is 3.87. The molecule has 0 radical (unpaired) electrons. The lowest BCUT2D eigenvalue weighted by Crippen LogP contribution is -2.62. The van der Waals surface area contributed by atoms with Gasteiger partial charge < -0.3 is 5.11 Å². The zero-order valence-electron chi connectivity index (χ0n) is 11.5. The summed E-state index contributed by atoms with van der Waals surface area (Å²) < 4.78 is 0. The molecule has 0 aromatic carbocycles. The van der Waals surface area contributed by atoms with E-state index in [2.05, 4.69) is 13.8 Å². The van der Waals surface area contributed by atoms with Crippen LogP contribution in [0.2, 0.25) is 0 Å². The molecule has 0 saturated heterocycles. The number of carbonyl (C=O) groups is 2. The lowest BCUT2D eigenvalue weighted by Gasteiger charge is -2.58. The highest BCUT2D eigenvalue weighted by atomic mass is 16.3. The molecule has 2 aliphatic rings. The minimum atomic E-state index is -1.28. The van der Waals surface area contributed by atoms with Gasteiger partial charge in [0.2, 0.25) is 0 Å². The van der Waals surface area contributed by atoms with E-state index in [1.807, 2.05) is 6.08 Å². The van der Waals surface area contributed by atoms with E-state index in [1.54, 1.807) is 6.92 Å². The molecule has 1 fully saturated rings. The molecule has 1 saturated carbocycles. The van der Waals surface area contributed by atoms with E-state index in [9.17, 15) is 14.7 Å². The molecule has 1 spiro atoms. The summed E-state index contributed by atoms with van der Waals surface area (Å²) in [4.78, 5) is 22.9. The molecular formula is C15H22O3. The van der Waals surface area contributed by atoms with Gasteiger partial charge in [-0.1, -0.05) is 19.9 Å². The quantitative estimate of drug-likeness (QED) is 0.727. The van der Waals surface area contributed by atoms with Crippen molar-refractivity contribution in [2.45, 2.75) is 58.5 Å². The van der Waals surface area contributed by atoms with Crippen molar-refractivity contribution in [1.29, 1.82) is 0 Å². The molecule has 0 aliphatic heterocycles. The lowest BCUT2D eigenvalue weighted by atomic mass is 9.47. The van der Waals surface area contributed by atoms with Gasteiger partial charge in [-0.2, -0.15) is 0 Å². The Bertz CT molecular complexity index is 417. The zero-order chi connectivity index (χ0) is 13.6. The van der Waals surface area contributed by atoms with Crippen LogP contribution in [0.25, 0.3) is 0 Å². The summed E-state index contributed by atoms with van der Waals surface area (Å²) in [7, 11) is 0. The smallest absolute Gasteiger partial charge is 0.164 e. The number of carbonyl (C=O) groups excluding carboxylic acids is 2. The van der Waals surface area contributed by atoms with Crippen LogP contribution in [0.4, 0.5) is 0 Å². The Morgan fingerprint density at radius 2 is 1.89 bits per heavy atom. The summed E-state index contributed by atoms with van der Waals surface area (Å²) in [5.41, 5.74) is -0.998. The Kier molecular flexibility index (Phi) is 3.01. The predicted molar refractivity (Wildman–Crippen MR) is 69.1 cm³/mol. The highest BCUT2D eigenvalue weighted by Crippen LogP contribution is 2.60. The third-order valence-electron chi connectivity index (χ3n) is 5.45. The first-order chi connectivity index (χ1) is 8.27. The van der Waals surface area contributed by atoms with Crippen LogP contribution in [0.5, 0.6) is 0 Å². The monoisotopic (exact) mass is 250 g/mol. The Morgan fingerprint density at radius 1 is 1.22 bits per heavy atom. The van der Waals surface area contributed by atoms with Gasteiger partial charge in [0.1, 0.15) is 11.9 Å². The molecular weight excluding hydrogens is 228 g/mol. The average molecular weight is 250 g/mol. The van der Waals surface area contributed by atoms with E-state index in [-0.39, 0.29) is 11.2 Å². The Morgan fingerprint density at radius 3 is 2.39 bits per heavy atom. The van der Waals surface area contributed by atoms with Crippen molar-refractivity contribution in [2.24, 2.45) is 10.8 Å². The fourth-order valence-corrected chi connectivity index (χ4v) is 3.87. The lowest BCUT2D eigenvalue weighted by molar-refractivity contribution is -0.184. The first-order valence-corrected chi connectivity index (χ1v) is 6.67. The van der Waals surface area contributed by atoms with Crippen LogP contribution in [0.1, 0.15) is 52.9 Å². The highest BCUT2D eigenvalue weighted by molar-refractivity contribution is 5.89. The number of aldehydes is 1. The molecule has 18 heavy (non-hydrogen) atoms. The van der Waals surface area contributed by atoms with E-state index < -0.39 is 11.0 Å². The van der Waals surface area contributed by atoms with Crippen LogP contribution in [-0.2, 0) is 9.59 Å². The first kappa shape index (κ1) is 13.5. The Balaban J connectivity index is 2.46. The van der Waals surface area contributed by atoms with E-state index in [4.69, 9.17) is 0 Å². The molecule has 100 valence electrons. The summed E-state index contributed by atoms with van der Waals surface area (Å²) in [5, 5.41) is 10.7. The van der Waals surface area contributed by atoms with Gasteiger partial charge in [-0.25, -0.2) is 0 Å². The van der Waals surface area contributed by atoms with Crippen molar-refractivity contribution in [3.8, 4) is 0 Å². The number of hydrogen-bond acceptors (Lipinski definition) is 3. The summed E-state index contributed by atoms with van der Waals surface area (Å²) in [6.45, 7) is 5.93. The topological polar surface area (TPSA) is 54.4 Å². The second-order valence-corrected chi connectivity index (χ2v) is 6.56. The number of aliphatic hydroxyl groups is 1. The van der Waals surface area contributed by atoms with Crippen LogP contribution >= 0.6 is 0 Å². The van der Waals surface area contributed by atoms with Gasteiger partial charge in [0.25, 0.3) is 0 Å². The molecule has 3 heteroatoms. The summed E-state index contributed by atoms with van der Waals surface area (Å²) in [6.07, 6.45) is 6.05. The van der Waals surface area contributed by atoms with Crippen molar-refractivity contribution >= 4 is 12.1 Å².